The van der Waals surface area contributed by atoms with Gasteiger partial charge in [0.2, 0.25) is 11.6 Å². The van der Waals surface area contributed by atoms with Gasteiger partial charge in [-0.3, -0.25) is 0 Å². The number of halogens is 3. The average molecular weight is 349 g/mol. The minimum atomic E-state index is -0.494. The summed E-state index contributed by atoms with van der Waals surface area (Å²) in [5.74, 6) is -0.892. The Labute approximate surface area is 127 Å². The van der Waals surface area contributed by atoms with Gasteiger partial charge in [0.25, 0.3) is 0 Å². The maximum atomic E-state index is 13.8. The molecule has 0 saturated heterocycles. The van der Waals surface area contributed by atoms with E-state index in [1.807, 2.05) is 0 Å². The Bertz CT molecular complexity index is 773. The zero-order valence-corrected chi connectivity index (χ0v) is 12.1. The first kappa shape index (κ1) is 13.7. The maximum absolute atomic E-state index is 13.8. The van der Waals surface area contributed by atoms with Crippen molar-refractivity contribution in [3.8, 4) is 22.8 Å². The third-order valence-electron chi connectivity index (χ3n) is 2.78. The summed E-state index contributed by atoms with van der Waals surface area (Å²) < 4.78 is 27.9. The molecule has 0 spiro atoms. The molecular formula is C14H7BrF2N4. The number of nitrogens with zero attached hydrogens (tertiary/aromatic N) is 4. The van der Waals surface area contributed by atoms with Crippen molar-refractivity contribution in [1.82, 2.24) is 20.4 Å². The van der Waals surface area contributed by atoms with Crippen molar-refractivity contribution in [2.45, 2.75) is 0 Å². The molecular weight excluding hydrogens is 342 g/mol. The molecule has 0 bridgehead atoms. The van der Waals surface area contributed by atoms with Crippen LogP contribution in [0, 0.1) is 11.6 Å². The van der Waals surface area contributed by atoms with Crippen LogP contribution in [-0.4, -0.2) is 20.4 Å². The van der Waals surface area contributed by atoms with Gasteiger partial charge >= 0.3 is 0 Å². The Hall–Kier alpha value is -2.28. The topological polar surface area (TPSA) is 51.6 Å². The monoisotopic (exact) mass is 348 g/mol. The summed E-state index contributed by atoms with van der Waals surface area (Å²) in [6.45, 7) is 0. The van der Waals surface area contributed by atoms with E-state index in [4.69, 9.17) is 0 Å². The normalized spacial score (nSPS) is 10.6. The van der Waals surface area contributed by atoms with Crippen molar-refractivity contribution in [2.24, 2.45) is 0 Å². The third kappa shape index (κ3) is 2.64. The quantitative estimate of drug-likeness (QED) is 0.709. The molecule has 2 aromatic carbocycles. The molecule has 4 nitrogen and oxygen atoms in total. The summed E-state index contributed by atoms with van der Waals surface area (Å²) in [4.78, 5) is 0. The van der Waals surface area contributed by atoms with Gasteiger partial charge in [0.1, 0.15) is 11.6 Å². The predicted octanol–water partition coefficient (Wildman–Crippen LogP) is 3.64. The first-order valence-corrected chi connectivity index (χ1v) is 6.73. The lowest BCUT2D eigenvalue weighted by molar-refractivity contribution is 0.625. The summed E-state index contributed by atoms with van der Waals surface area (Å²) >= 11 is 3.22. The van der Waals surface area contributed by atoms with Crippen molar-refractivity contribution >= 4 is 15.9 Å². The highest BCUT2D eigenvalue weighted by Gasteiger charge is 2.15. The Kier molecular flexibility index (Phi) is 3.66. The Morgan fingerprint density at radius 2 is 1.33 bits per heavy atom. The van der Waals surface area contributed by atoms with Crippen LogP contribution in [0.25, 0.3) is 22.8 Å². The minimum absolute atomic E-state index is 0.0278. The highest BCUT2D eigenvalue weighted by Crippen LogP contribution is 2.28. The number of aromatic nitrogens is 4. The van der Waals surface area contributed by atoms with E-state index in [1.54, 1.807) is 24.3 Å². The van der Waals surface area contributed by atoms with Gasteiger partial charge in [-0.1, -0.05) is 18.2 Å². The summed E-state index contributed by atoms with van der Waals surface area (Å²) in [7, 11) is 0. The molecule has 1 heterocycles. The lowest BCUT2D eigenvalue weighted by Crippen LogP contribution is -2.02. The zero-order chi connectivity index (χ0) is 14.8. The summed E-state index contributed by atoms with van der Waals surface area (Å²) in [5, 5.41) is 15.3. The second kappa shape index (κ2) is 5.61. The van der Waals surface area contributed by atoms with Crippen molar-refractivity contribution < 1.29 is 8.78 Å². The molecule has 7 heteroatoms. The van der Waals surface area contributed by atoms with E-state index in [1.165, 1.54) is 18.2 Å². The van der Waals surface area contributed by atoms with Gasteiger partial charge in [-0.15, -0.1) is 20.4 Å². The Balaban J connectivity index is 2.04. The number of hydrogen-bond acceptors (Lipinski definition) is 4. The minimum Gasteiger partial charge on any atom is -0.206 e. The van der Waals surface area contributed by atoms with E-state index < -0.39 is 11.6 Å². The van der Waals surface area contributed by atoms with Crippen LogP contribution >= 0.6 is 15.9 Å². The lowest BCUT2D eigenvalue weighted by atomic mass is 10.2. The van der Waals surface area contributed by atoms with Gasteiger partial charge in [0.15, 0.2) is 0 Å². The van der Waals surface area contributed by atoms with E-state index in [2.05, 4.69) is 36.3 Å². The van der Waals surface area contributed by atoms with Crippen molar-refractivity contribution in [2.75, 3.05) is 0 Å². The highest BCUT2D eigenvalue weighted by molar-refractivity contribution is 9.10. The van der Waals surface area contributed by atoms with Crippen molar-refractivity contribution in [1.29, 1.82) is 0 Å². The van der Waals surface area contributed by atoms with Crippen LogP contribution in [0.2, 0.25) is 0 Å². The highest BCUT2D eigenvalue weighted by atomic mass is 79.9. The van der Waals surface area contributed by atoms with Gasteiger partial charge in [-0.25, -0.2) is 8.78 Å². The van der Waals surface area contributed by atoms with Crippen LogP contribution in [0.1, 0.15) is 0 Å². The SMILES string of the molecule is Fc1ccccc1-c1nnc(-c2c(F)cccc2Br)nn1. The molecule has 1 aromatic heterocycles. The van der Waals surface area contributed by atoms with Crippen LogP contribution in [0.3, 0.4) is 0 Å². The second-order valence-corrected chi connectivity index (χ2v) is 4.98. The summed E-state index contributed by atoms with van der Waals surface area (Å²) in [6, 6.07) is 10.5. The molecule has 104 valence electrons. The standard InChI is InChI=1S/C14H7BrF2N4/c15-9-5-3-7-11(17)12(9)14-20-18-13(19-21-14)8-4-1-2-6-10(8)16/h1-7H. The molecule has 3 aromatic rings. The third-order valence-corrected chi connectivity index (χ3v) is 3.44. The first-order valence-electron chi connectivity index (χ1n) is 5.93. The summed E-state index contributed by atoms with van der Waals surface area (Å²) in [5.41, 5.74) is 0.356. The van der Waals surface area contributed by atoms with Crippen LogP contribution < -0.4 is 0 Å². The fraction of sp³-hybridized carbons (Fsp3) is 0. The molecule has 0 saturated carbocycles. The Morgan fingerprint density at radius 1 is 0.714 bits per heavy atom. The fourth-order valence-electron chi connectivity index (χ4n) is 1.79. The zero-order valence-electron chi connectivity index (χ0n) is 10.5. The van der Waals surface area contributed by atoms with Crippen molar-refractivity contribution in [3.63, 3.8) is 0 Å². The molecule has 0 aliphatic heterocycles. The molecule has 0 unspecified atom stereocenters. The Morgan fingerprint density at radius 3 is 2.00 bits per heavy atom. The van der Waals surface area contributed by atoms with Crippen LogP contribution in [0.4, 0.5) is 8.78 Å². The van der Waals surface area contributed by atoms with E-state index in [9.17, 15) is 8.78 Å². The lowest BCUT2D eigenvalue weighted by Gasteiger charge is -2.04. The van der Waals surface area contributed by atoms with Crippen LogP contribution in [0.15, 0.2) is 46.9 Å². The number of rotatable bonds is 2. The largest absolute Gasteiger partial charge is 0.207 e. The van der Waals surface area contributed by atoms with Gasteiger partial charge in [-0.2, -0.15) is 0 Å². The number of hydrogen-bond donors (Lipinski definition) is 0. The molecule has 0 atom stereocenters. The molecule has 0 fully saturated rings. The van der Waals surface area contributed by atoms with Crippen LogP contribution in [-0.2, 0) is 0 Å². The van der Waals surface area contributed by atoms with Crippen LogP contribution in [0.5, 0.6) is 0 Å². The van der Waals surface area contributed by atoms with Crippen molar-refractivity contribution in [3.05, 3.63) is 58.6 Å². The van der Waals surface area contributed by atoms with E-state index in [0.29, 0.717) is 4.47 Å². The smallest absolute Gasteiger partial charge is 0.206 e. The second-order valence-electron chi connectivity index (χ2n) is 4.12. The first-order chi connectivity index (χ1) is 10.2. The molecule has 0 radical (unpaired) electrons. The van der Waals surface area contributed by atoms with Gasteiger partial charge in [0.05, 0.1) is 11.1 Å². The molecule has 0 aliphatic rings. The summed E-state index contributed by atoms with van der Waals surface area (Å²) in [6.07, 6.45) is 0. The molecule has 21 heavy (non-hydrogen) atoms. The average Bonchev–Trinajstić information content (AvgIpc) is 2.48. The van der Waals surface area contributed by atoms with Gasteiger partial charge in [0, 0.05) is 4.47 Å². The molecule has 3 rings (SSSR count). The van der Waals surface area contributed by atoms with Gasteiger partial charge < -0.3 is 0 Å². The number of benzene rings is 2. The van der Waals surface area contributed by atoms with Gasteiger partial charge in [-0.05, 0) is 40.2 Å². The maximum Gasteiger partial charge on any atom is 0.207 e. The van der Waals surface area contributed by atoms with E-state index in [0.717, 1.165) is 0 Å². The molecule has 0 aliphatic carbocycles. The molecule has 0 amide bonds. The predicted molar refractivity (Wildman–Crippen MR) is 76.1 cm³/mol. The van der Waals surface area contributed by atoms with E-state index in [-0.39, 0.29) is 22.8 Å². The van der Waals surface area contributed by atoms with E-state index >= 15 is 0 Å². The fourth-order valence-corrected chi connectivity index (χ4v) is 2.31. The molecule has 0 N–H and O–H groups in total.